The van der Waals surface area contributed by atoms with Crippen molar-refractivity contribution in [3.05, 3.63) is 28.8 Å². The van der Waals surface area contributed by atoms with Crippen molar-refractivity contribution in [2.75, 3.05) is 20.8 Å². The molecule has 0 fully saturated rings. The summed E-state index contributed by atoms with van der Waals surface area (Å²) in [5.41, 5.74) is 3.55. The third-order valence-corrected chi connectivity index (χ3v) is 2.95. The van der Waals surface area contributed by atoms with Gasteiger partial charge in [0.05, 0.1) is 20.6 Å². The number of ether oxygens (including phenoxy) is 2. The van der Waals surface area contributed by atoms with E-state index in [2.05, 4.69) is 30.0 Å². The summed E-state index contributed by atoms with van der Waals surface area (Å²) in [5, 5.41) is 3.21. The van der Waals surface area contributed by atoms with Crippen LogP contribution in [0.1, 0.15) is 23.1 Å². The highest BCUT2D eigenvalue weighted by Gasteiger charge is 2.06. The molecule has 18 heavy (non-hydrogen) atoms. The fraction of sp³-hybridized carbons (Fsp3) is 0.500. The molecule has 0 spiro atoms. The lowest BCUT2D eigenvalue weighted by molar-refractivity contribution is -0.140. The molecule has 100 valence electrons. The highest BCUT2D eigenvalue weighted by atomic mass is 16.5. The molecule has 0 aromatic heterocycles. The third-order valence-electron chi connectivity index (χ3n) is 2.95. The summed E-state index contributed by atoms with van der Waals surface area (Å²) in [7, 11) is 3.07. The molecular weight excluding hydrogens is 230 g/mol. The third kappa shape index (κ3) is 4.04. The van der Waals surface area contributed by atoms with E-state index < -0.39 is 0 Å². The zero-order valence-corrected chi connectivity index (χ0v) is 11.5. The van der Waals surface area contributed by atoms with Crippen molar-refractivity contribution in [3.8, 4) is 5.75 Å². The molecule has 0 bridgehead atoms. The van der Waals surface area contributed by atoms with Gasteiger partial charge >= 0.3 is 5.97 Å². The van der Waals surface area contributed by atoms with Crippen LogP contribution in [0.3, 0.4) is 0 Å². The molecule has 0 aliphatic rings. The van der Waals surface area contributed by atoms with Gasteiger partial charge in [0.1, 0.15) is 5.75 Å². The van der Waals surface area contributed by atoms with Gasteiger partial charge in [-0.15, -0.1) is 0 Å². The van der Waals surface area contributed by atoms with E-state index >= 15 is 0 Å². The molecule has 0 saturated heterocycles. The number of benzene rings is 1. The van der Waals surface area contributed by atoms with Gasteiger partial charge in [0.2, 0.25) is 0 Å². The number of rotatable bonds is 6. The molecule has 1 rings (SSSR count). The lowest BCUT2D eigenvalue weighted by Gasteiger charge is -2.12. The van der Waals surface area contributed by atoms with E-state index in [0.717, 1.165) is 11.3 Å². The molecule has 4 heteroatoms. The number of hydrogen-bond donors (Lipinski definition) is 1. The summed E-state index contributed by atoms with van der Waals surface area (Å²) in [6, 6.07) is 4.14. The van der Waals surface area contributed by atoms with Crippen LogP contribution >= 0.6 is 0 Å². The van der Waals surface area contributed by atoms with Crippen molar-refractivity contribution in [2.45, 2.75) is 26.8 Å². The van der Waals surface area contributed by atoms with E-state index in [9.17, 15) is 4.79 Å². The van der Waals surface area contributed by atoms with Gasteiger partial charge < -0.3 is 14.8 Å². The first-order chi connectivity index (χ1) is 8.58. The van der Waals surface area contributed by atoms with Crippen molar-refractivity contribution < 1.29 is 14.3 Å². The Bertz CT molecular complexity index is 416. The molecular formula is C14H21NO3. The molecule has 0 saturated carbocycles. The van der Waals surface area contributed by atoms with Gasteiger partial charge in [-0.3, -0.25) is 4.79 Å². The highest BCUT2D eigenvalue weighted by molar-refractivity contribution is 5.69. The van der Waals surface area contributed by atoms with E-state index in [4.69, 9.17) is 4.74 Å². The fourth-order valence-electron chi connectivity index (χ4n) is 1.69. The maximum Gasteiger partial charge on any atom is 0.306 e. The SMILES string of the molecule is COC(=O)CCNCc1cc(C)c(C)cc1OC. The predicted molar refractivity (Wildman–Crippen MR) is 70.8 cm³/mol. The lowest BCUT2D eigenvalue weighted by atomic mass is 10.0. The first-order valence-electron chi connectivity index (χ1n) is 6.00. The Morgan fingerprint density at radius 2 is 1.89 bits per heavy atom. The number of methoxy groups -OCH3 is 2. The molecule has 1 aromatic carbocycles. The number of hydrogen-bond acceptors (Lipinski definition) is 4. The molecule has 1 N–H and O–H groups in total. The molecule has 0 unspecified atom stereocenters. The Morgan fingerprint density at radius 3 is 2.50 bits per heavy atom. The maximum atomic E-state index is 11.0. The minimum absolute atomic E-state index is 0.199. The Balaban J connectivity index is 2.56. The molecule has 0 atom stereocenters. The van der Waals surface area contributed by atoms with Crippen LogP contribution in [-0.2, 0) is 16.1 Å². The van der Waals surface area contributed by atoms with E-state index in [1.165, 1.54) is 18.2 Å². The minimum Gasteiger partial charge on any atom is -0.496 e. The van der Waals surface area contributed by atoms with Crippen LogP contribution in [0.2, 0.25) is 0 Å². The van der Waals surface area contributed by atoms with Crippen LogP contribution in [0.25, 0.3) is 0 Å². The second kappa shape index (κ2) is 7.01. The number of aryl methyl sites for hydroxylation is 2. The van der Waals surface area contributed by atoms with Crippen molar-refractivity contribution in [2.24, 2.45) is 0 Å². The normalized spacial score (nSPS) is 10.2. The molecule has 4 nitrogen and oxygen atoms in total. The number of esters is 1. The number of carbonyl (C=O) groups is 1. The van der Waals surface area contributed by atoms with Gasteiger partial charge in [0.15, 0.2) is 0 Å². The number of carbonyl (C=O) groups excluding carboxylic acids is 1. The maximum absolute atomic E-state index is 11.0. The van der Waals surface area contributed by atoms with Gasteiger partial charge in [-0.1, -0.05) is 6.07 Å². The van der Waals surface area contributed by atoms with Gasteiger partial charge in [-0.2, -0.15) is 0 Å². The van der Waals surface area contributed by atoms with Crippen molar-refractivity contribution in [3.63, 3.8) is 0 Å². The predicted octanol–water partition coefficient (Wildman–Crippen LogP) is 1.96. The smallest absolute Gasteiger partial charge is 0.306 e. The minimum atomic E-state index is -0.199. The number of nitrogens with one attached hydrogen (secondary N) is 1. The summed E-state index contributed by atoms with van der Waals surface area (Å²) in [6.45, 7) is 5.42. The van der Waals surface area contributed by atoms with Gasteiger partial charge in [0, 0.05) is 18.7 Å². The van der Waals surface area contributed by atoms with E-state index in [1.54, 1.807) is 7.11 Å². The van der Waals surface area contributed by atoms with Crippen LogP contribution in [0, 0.1) is 13.8 Å². The second-order valence-electron chi connectivity index (χ2n) is 4.25. The molecule has 0 radical (unpaired) electrons. The van der Waals surface area contributed by atoms with E-state index in [-0.39, 0.29) is 5.97 Å². The zero-order chi connectivity index (χ0) is 13.5. The first kappa shape index (κ1) is 14.5. The fourth-order valence-corrected chi connectivity index (χ4v) is 1.69. The first-order valence-corrected chi connectivity index (χ1v) is 6.00. The van der Waals surface area contributed by atoms with Crippen LogP contribution in [-0.4, -0.2) is 26.7 Å². The topological polar surface area (TPSA) is 47.6 Å². The van der Waals surface area contributed by atoms with Crippen LogP contribution < -0.4 is 10.1 Å². The van der Waals surface area contributed by atoms with Crippen LogP contribution in [0.15, 0.2) is 12.1 Å². The molecule has 0 aliphatic heterocycles. The Morgan fingerprint density at radius 1 is 1.22 bits per heavy atom. The summed E-state index contributed by atoms with van der Waals surface area (Å²) >= 11 is 0. The standard InChI is InChI=1S/C14H21NO3/c1-10-7-12(13(17-3)8-11(10)2)9-15-6-5-14(16)18-4/h7-8,15H,5-6,9H2,1-4H3. The van der Waals surface area contributed by atoms with E-state index in [0.29, 0.717) is 19.5 Å². The molecule has 0 aliphatic carbocycles. The van der Waals surface area contributed by atoms with Gasteiger partial charge in [0.25, 0.3) is 0 Å². The molecule has 0 amide bonds. The average molecular weight is 251 g/mol. The Labute approximate surface area is 108 Å². The summed E-state index contributed by atoms with van der Waals surface area (Å²) in [6.07, 6.45) is 0.379. The summed E-state index contributed by atoms with van der Waals surface area (Å²) in [4.78, 5) is 11.0. The van der Waals surface area contributed by atoms with Crippen molar-refractivity contribution >= 4 is 5.97 Å². The van der Waals surface area contributed by atoms with Crippen molar-refractivity contribution in [1.82, 2.24) is 5.32 Å². The van der Waals surface area contributed by atoms with Crippen LogP contribution in [0.4, 0.5) is 0 Å². The lowest BCUT2D eigenvalue weighted by Crippen LogP contribution is -2.19. The Hall–Kier alpha value is -1.55. The monoisotopic (exact) mass is 251 g/mol. The Kier molecular flexibility index (Phi) is 5.65. The van der Waals surface area contributed by atoms with Crippen LogP contribution in [0.5, 0.6) is 5.75 Å². The van der Waals surface area contributed by atoms with Gasteiger partial charge in [-0.05, 0) is 31.0 Å². The largest absolute Gasteiger partial charge is 0.496 e. The quantitative estimate of drug-likeness (QED) is 0.620. The summed E-state index contributed by atoms with van der Waals surface area (Å²) in [5.74, 6) is 0.679. The highest BCUT2D eigenvalue weighted by Crippen LogP contribution is 2.22. The van der Waals surface area contributed by atoms with E-state index in [1.807, 2.05) is 6.07 Å². The molecule has 1 aromatic rings. The average Bonchev–Trinajstić information content (AvgIpc) is 2.37. The van der Waals surface area contributed by atoms with Crippen molar-refractivity contribution in [1.29, 1.82) is 0 Å². The second-order valence-corrected chi connectivity index (χ2v) is 4.25. The molecule has 0 heterocycles. The summed E-state index contributed by atoms with van der Waals surface area (Å²) < 4.78 is 9.93. The zero-order valence-electron chi connectivity index (χ0n) is 11.5. The van der Waals surface area contributed by atoms with Gasteiger partial charge in [-0.25, -0.2) is 0 Å².